The number of hydrogen-bond donors (Lipinski definition) is 3. The first kappa shape index (κ1) is 20.3. The number of fused-ring (bicyclic) bond motifs is 3. The fraction of sp³-hybridized carbons (Fsp3) is 0.524. The van der Waals surface area contributed by atoms with Gasteiger partial charge >= 0.3 is 6.03 Å². The molecule has 9 nitrogen and oxygen atoms in total. The molecule has 3 N–H and O–H groups in total. The van der Waals surface area contributed by atoms with E-state index in [1.807, 2.05) is 6.92 Å². The zero-order chi connectivity index (χ0) is 21.6. The molecule has 3 aliphatic rings. The third kappa shape index (κ3) is 3.67. The summed E-state index contributed by atoms with van der Waals surface area (Å²) in [5.41, 5.74) is 5.64. The van der Waals surface area contributed by atoms with Gasteiger partial charge in [-0.05, 0) is 67.3 Å². The Labute approximate surface area is 181 Å². The molecular formula is C21H27N5O4S. The van der Waals surface area contributed by atoms with Crippen LogP contribution in [0.5, 0.6) is 5.88 Å². The van der Waals surface area contributed by atoms with E-state index in [4.69, 9.17) is 4.74 Å². The van der Waals surface area contributed by atoms with Crippen LogP contribution in [0.1, 0.15) is 42.0 Å². The highest BCUT2D eigenvalue weighted by Gasteiger charge is 2.31. The predicted octanol–water partition coefficient (Wildman–Crippen LogP) is 1.74. The van der Waals surface area contributed by atoms with Crippen LogP contribution >= 0.6 is 0 Å². The molecule has 5 rings (SSSR count). The number of sulfonamides is 1. The summed E-state index contributed by atoms with van der Waals surface area (Å²) in [4.78, 5) is 12.6. The molecule has 1 aromatic heterocycles. The lowest BCUT2D eigenvalue weighted by Crippen LogP contribution is -2.42. The minimum absolute atomic E-state index is 0.0616. The van der Waals surface area contributed by atoms with Crippen molar-refractivity contribution in [3.8, 4) is 5.88 Å². The summed E-state index contributed by atoms with van der Waals surface area (Å²) in [6.45, 7) is 3.63. The van der Waals surface area contributed by atoms with Crippen molar-refractivity contribution >= 4 is 21.7 Å². The molecule has 0 bridgehead atoms. The number of aromatic nitrogens is 2. The molecule has 10 heteroatoms. The molecule has 2 heterocycles. The highest BCUT2D eigenvalue weighted by atomic mass is 32.2. The number of carbonyl (C=O) groups excluding carboxylic acids is 1. The van der Waals surface area contributed by atoms with Gasteiger partial charge in [0, 0.05) is 5.69 Å². The number of ether oxygens (including phenoxy) is 1. The summed E-state index contributed by atoms with van der Waals surface area (Å²) < 4.78 is 35.2. The average Bonchev–Trinajstić information content (AvgIpc) is 3.46. The van der Waals surface area contributed by atoms with E-state index in [2.05, 4.69) is 26.5 Å². The summed E-state index contributed by atoms with van der Waals surface area (Å²) in [7, 11) is -4.13. The second-order valence-corrected chi connectivity index (χ2v) is 10.0. The summed E-state index contributed by atoms with van der Waals surface area (Å²) in [5.74, 6) is 0.163. The van der Waals surface area contributed by atoms with Crippen molar-refractivity contribution in [1.29, 1.82) is 0 Å². The lowest BCUT2D eigenvalue weighted by Gasteiger charge is -2.25. The molecule has 31 heavy (non-hydrogen) atoms. The molecule has 2 amide bonds. The predicted molar refractivity (Wildman–Crippen MR) is 115 cm³/mol. The Kier molecular flexibility index (Phi) is 5.13. The van der Waals surface area contributed by atoms with Crippen LogP contribution in [0.25, 0.3) is 0 Å². The lowest BCUT2D eigenvalue weighted by atomic mass is 9.99. The van der Waals surface area contributed by atoms with E-state index in [1.54, 1.807) is 0 Å². The Balaban J connectivity index is 1.36. The number of nitrogens with one attached hydrogen (secondary N) is 3. The second kappa shape index (κ2) is 7.83. The normalized spacial score (nSPS) is 19.3. The average molecular weight is 446 g/mol. The maximum absolute atomic E-state index is 12.9. The van der Waals surface area contributed by atoms with Gasteiger partial charge in [0.1, 0.15) is 6.61 Å². The Bertz CT molecular complexity index is 1110. The van der Waals surface area contributed by atoms with Gasteiger partial charge in [0.25, 0.3) is 10.0 Å². The summed E-state index contributed by atoms with van der Waals surface area (Å²) >= 11 is 0. The number of carbonyl (C=O) groups is 1. The molecule has 0 saturated heterocycles. The van der Waals surface area contributed by atoms with E-state index in [9.17, 15) is 13.2 Å². The topological polar surface area (TPSA) is 114 Å². The summed E-state index contributed by atoms with van der Waals surface area (Å²) in [6.07, 6.45) is 7.17. The first-order valence-electron chi connectivity index (χ1n) is 10.9. The summed E-state index contributed by atoms with van der Waals surface area (Å²) in [6, 6.07) is 1.57. The van der Waals surface area contributed by atoms with E-state index < -0.39 is 16.1 Å². The highest BCUT2D eigenvalue weighted by Crippen LogP contribution is 2.38. The van der Waals surface area contributed by atoms with Crippen LogP contribution in [0.15, 0.2) is 17.2 Å². The van der Waals surface area contributed by atoms with Gasteiger partial charge in [-0.25, -0.2) is 22.6 Å². The number of anilines is 1. The Morgan fingerprint density at radius 3 is 2.58 bits per heavy atom. The van der Waals surface area contributed by atoms with Crippen LogP contribution in [0, 0.1) is 0 Å². The SMILES string of the molecule is CCNC1COc2c(S(=O)(=O)NC(=O)Nc3c4c(cc5c3CCC5)CCC4)cnn2C1. The molecule has 0 fully saturated rings. The monoisotopic (exact) mass is 445 g/mol. The Morgan fingerprint density at radius 2 is 1.90 bits per heavy atom. The van der Waals surface area contributed by atoms with Gasteiger partial charge < -0.3 is 15.4 Å². The number of aryl methyl sites for hydroxylation is 2. The number of amides is 2. The minimum Gasteiger partial charge on any atom is -0.475 e. The second-order valence-electron chi connectivity index (χ2n) is 8.36. The molecule has 1 unspecified atom stereocenters. The molecule has 1 atom stereocenters. The van der Waals surface area contributed by atoms with E-state index in [-0.39, 0.29) is 16.8 Å². The smallest absolute Gasteiger partial charge is 0.333 e. The first-order chi connectivity index (χ1) is 15.0. The molecule has 0 saturated carbocycles. The van der Waals surface area contributed by atoms with Crippen molar-refractivity contribution in [2.75, 3.05) is 18.5 Å². The van der Waals surface area contributed by atoms with Crippen LogP contribution in [-0.2, 0) is 42.3 Å². The van der Waals surface area contributed by atoms with Crippen LogP contribution in [0.2, 0.25) is 0 Å². The van der Waals surface area contributed by atoms with Gasteiger partial charge in [-0.15, -0.1) is 0 Å². The van der Waals surface area contributed by atoms with Crippen molar-refractivity contribution in [2.45, 2.75) is 62.9 Å². The van der Waals surface area contributed by atoms with Gasteiger partial charge in [-0.2, -0.15) is 5.10 Å². The van der Waals surface area contributed by atoms with Gasteiger partial charge in [-0.3, -0.25) is 0 Å². The van der Waals surface area contributed by atoms with Crippen LogP contribution in [0.3, 0.4) is 0 Å². The molecule has 166 valence electrons. The van der Waals surface area contributed by atoms with Crippen molar-refractivity contribution < 1.29 is 17.9 Å². The number of nitrogens with zero attached hydrogens (tertiary/aromatic N) is 2. The number of hydrogen-bond acceptors (Lipinski definition) is 6. The fourth-order valence-corrected chi connectivity index (χ4v) is 5.94. The lowest BCUT2D eigenvalue weighted by molar-refractivity contribution is 0.180. The number of rotatable bonds is 5. The molecule has 0 radical (unpaired) electrons. The van der Waals surface area contributed by atoms with Crippen molar-refractivity contribution in [3.05, 3.63) is 34.5 Å². The van der Waals surface area contributed by atoms with Crippen molar-refractivity contribution in [1.82, 2.24) is 19.8 Å². The van der Waals surface area contributed by atoms with Crippen molar-refractivity contribution in [2.24, 2.45) is 0 Å². The van der Waals surface area contributed by atoms with Crippen molar-refractivity contribution in [3.63, 3.8) is 0 Å². The van der Waals surface area contributed by atoms with Gasteiger partial charge in [-0.1, -0.05) is 13.0 Å². The number of likely N-dealkylation sites (N-methyl/N-ethyl adjacent to an activating group) is 1. The largest absolute Gasteiger partial charge is 0.475 e. The standard InChI is InChI=1S/C21H27N5O4S/c1-2-22-15-11-26-20(30-12-15)18(10-23-26)31(28,29)25-21(27)24-19-16-7-3-5-13(16)9-14-6-4-8-17(14)19/h9-10,15,22H,2-8,11-12H2,1H3,(H2,24,25,27). The minimum atomic E-state index is -4.13. The maximum atomic E-state index is 12.9. The van der Waals surface area contributed by atoms with Crippen LogP contribution < -0.4 is 20.1 Å². The molecular weight excluding hydrogens is 418 g/mol. The zero-order valence-corrected chi connectivity index (χ0v) is 18.3. The molecule has 2 aromatic rings. The number of urea groups is 1. The quantitative estimate of drug-likeness (QED) is 0.646. The van der Waals surface area contributed by atoms with Crippen LogP contribution in [0.4, 0.5) is 10.5 Å². The maximum Gasteiger partial charge on any atom is 0.333 e. The first-order valence-corrected chi connectivity index (χ1v) is 12.4. The summed E-state index contributed by atoms with van der Waals surface area (Å²) in [5, 5.41) is 10.3. The zero-order valence-electron chi connectivity index (χ0n) is 17.5. The molecule has 1 aromatic carbocycles. The van der Waals surface area contributed by atoms with E-state index in [0.717, 1.165) is 61.9 Å². The van der Waals surface area contributed by atoms with Gasteiger partial charge in [0.05, 0.1) is 18.8 Å². The fourth-order valence-electron chi connectivity index (χ4n) is 4.95. The number of benzene rings is 1. The van der Waals surface area contributed by atoms with E-state index >= 15 is 0 Å². The third-order valence-corrected chi connectivity index (χ3v) is 7.61. The Hall–Kier alpha value is -2.59. The highest BCUT2D eigenvalue weighted by molar-refractivity contribution is 7.90. The van der Waals surface area contributed by atoms with E-state index in [1.165, 1.54) is 22.0 Å². The van der Waals surface area contributed by atoms with Crippen LogP contribution in [-0.4, -0.2) is 43.4 Å². The Morgan fingerprint density at radius 1 is 1.19 bits per heavy atom. The van der Waals surface area contributed by atoms with E-state index in [0.29, 0.717) is 13.2 Å². The van der Waals surface area contributed by atoms with Gasteiger partial charge in [0.2, 0.25) is 5.88 Å². The molecule has 0 spiro atoms. The molecule has 2 aliphatic carbocycles. The van der Waals surface area contributed by atoms with Gasteiger partial charge in [0.15, 0.2) is 4.90 Å². The molecule has 1 aliphatic heterocycles. The third-order valence-electron chi connectivity index (χ3n) is 6.30.